The third kappa shape index (κ3) is 7.33. The molecular weight excluding hydrogens is 366 g/mol. The summed E-state index contributed by atoms with van der Waals surface area (Å²) in [5.74, 6) is -0.0987. The highest BCUT2D eigenvalue weighted by atomic mass is 16.5. The molecule has 29 heavy (non-hydrogen) atoms. The maximum Gasteiger partial charge on any atom is 0.279 e. The molecular formula is C23H32N3O3+. The molecule has 2 rings (SSSR count). The fourth-order valence-electron chi connectivity index (χ4n) is 3.08. The first kappa shape index (κ1) is 22.6. The standard InChI is InChI=1S/C23H31N3O3/c1-18-9-8-12-21(19(18)2)24-22(27)16-25(3)17-23(28)26(13-14-29-4)15-20-10-6-5-7-11-20/h5-12H,13-17H2,1-4H3,(H,24,27)/p+1. The second kappa shape index (κ2) is 11.3. The molecule has 2 amide bonds. The largest absolute Gasteiger partial charge is 0.383 e. The zero-order chi connectivity index (χ0) is 21.2. The summed E-state index contributed by atoms with van der Waals surface area (Å²) in [6, 6.07) is 15.7. The topological polar surface area (TPSA) is 63.1 Å². The van der Waals surface area contributed by atoms with Crippen molar-refractivity contribution in [2.45, 2.75) is 20.4 Å². The van der Waals surface area contributed by atoms with Crippen LogP contribution in [-0.2, 0) is 20.9 Å². The van der Waals surface area contributed by atoms with E-state index in [0.29, 0.717) is 19.7 Å². The highest BCUT2D eigenvalue weighted by Crippen LogP contribution is 2.17. The average Bonchev–Trinajstić information content (AvgIpc) is 2.69. The number of carbonyl (C=O) groups is 2. The Morgan fingerprint density at radius 1 is 1.03 bits per heavy atom. The Balaban J connectivity index is 1.92. The molecule has 6 heteroatoms. The van der Waals surface area contributed by atoms with Gasteiger partial charge in [-0.2, -0.15) is 0 Å². The van der Waals surface area contributed by atoms with Crippen LogP contribution in [0.3, 0.4) is 0 Å². The van der Waals surface area contributed by atoms with Crippen LogP contribution in [0.5, 0.6) is 0 Å². The molecule has 6 nitrogen and oxygen atoms in total. The summed E-state index contributed by atoms with van der Waals surface area (Å²) in [6.07, 6.45) is 0. The monoisotopic (exact) mass is 398 g/mol. The second-order valence-electron chi connectivity index (χ2n) is 7.40. The normalized spacial score (nSPS) is 11.7. The first-order chi connectivity index (χ1) is 13.9. The summed E-state index contributed by atoms with van der Waals surface area (Å²) in [6.45, 7) is 6.01. The number of hydrogen-bond donors (Lipinski definition) is 2. The van der Waals surface area contributed by atoms with Crippen molar-refractivity contribution in [2.24, 2.45) is 0 Å². The maximum atomic E-state index is 12.8. The number of carbonyl (C=O) groups excluding carboxylic acids is 2. The van der Waals surface area contributed by atoms with E-state index >= 15 is 0 Å². The Labute approximate surface area is 173 Å². The lowest BCUT2D eigenvalue weighted by Gasteiger charge is -2.24. The van der Waals surface area contributed by atoms with Crippen molar-refractivity contribution in [1.29, 1.82) is 0 Å². The van der Waals surface area contributed by atoms with Crippen molar-refractivity contribution >= 4 is 17.5 Å². The summed E-state index contributed by atoms with van der Waals surface area (Å²) < 4.78 is 5.15. The van der Waals surface area contributed by atoms with Crippen LogP contribution in [0.25, 0.3) is 0 Å². The van der Waals surface area contributed by atoms with E-state index in [1.54, 1.807) is 12.0 Å². The van der Waals surface area contributed by atoms with E-state index in [4.69, 9.17) is 4.74 Å². The third-order valence-electron chi connectivity index (χ3n) is 4.93. The molecule has 0 radical (unpaired) electrons. The van der Waals surface area contributed by atoms with Crippen LogP contribution in [0.1, 0.15) is 16.7 Å². The summed E-state index contributed by atoms with van der Waals surface area (Å²) in [5.41, 5.74) is 4.08. The van der Waals surface area contributed by atoms with Gasteiger partial charge in [0, 0.05) is 25.9 Å². The molecule has 0 fully saturated rings. The zero-order valence-corrected chi connectivity index (χ0v) is 17.8. The molecule has 0 saturated carbocycles. The quantitative estimate of drug-likeness (QED) is 0.637. The molecule has 1 atom stereocenters. The maximum absolute atomic E-state index is 12.8. The lowest BCUT2D eigenvalue weighted by atomic mass is 10.1. The molecule has 156 valence electrons. The van der Waals surface area contributed by atoms with Gasteiger partial charge in [0.05, 0.1) is 13.7 Å². The number of aryl methyl sites for hydroxylation is 1. The summed E-state index contributed by atoms with van der Waals surface area (Å²) in [4.78, 5) is 27.9. The van der Waals surface area contributed by atoms with Crippen molar-refractivity contribution in [3.05, 3.63) is 65.2 Å². The SMILES string of the molecule is COCCN(Cc1ccccc1)C(=O)C[NH+](C)CC(=O)Nc1cccc(C)c1C. The second-order valence-corrected chi connectivity index (χ2v) is 7.40. The van der Waals surface area contributed by atoms with E-state index in [1.807, 2.05) is 69.4 Å². The van der Waals surface area contributed by atoms with Gasteiger partial charge in [0.15, 0.2) is 13.1 Å². The fraction of sp³-hybridized carbons (Fsp3) is 0.391. The number of benzene rings is 2. The molecule has 0 aliphatic heterocycles. The molecule has 1 unspecified atom stereocenters. The molecule has 0 aliphatic carbocycles. The Bertz CT molecular complexity index is 808. The predicted octanol–water partition coefficient (Wildman–Crippen LogP) is 1.43. The van der Waals surface area contributed by atoms with Crippen molar-refractivity contribution in [3.8, 4) is 0 Å². The van der Waals surface area contributed by atoms with Gasteiger partial charge in [-0.15, -0.1) is 0 Å². The summed E-state index contributed by atoms with van der Waals surface area (Å²) in [7, 11) is 3.48. The zero-order valence-electron chi connectivity index (χ0n) is 17.8. The summed E-state index contributed by atoms with van der Waals surface area (Å²) in [5, 5.41) is 2.95. The van der Waals surface area contributed by atoms with E-state index in [2.05, 4.69) is 5.32 Å². The van der Waals surface area contributed by atoms with Gasteiger partial charge in [-0.05, 0) is 36.6 Å². The molecule has 2 N–H and O–H groups in total. The Kier molecular flexibility index (Phi) is 8.83. The van der Waals surface area contributed by atoms with Crippen LogP contribution in [0.15, 0.2) is 48.5 Å². The molecule has 2 aromatic carbocycles. The van der Waals surface area contributed by atoms with Gasteiger partial charge in [-0.3, -0.25) is 9.59 Å². The number of nitrogens with zero attached hydrogens (tertiary/aromatic N) is 1. The molecule has 0 aliphatic rings. The van der Waals surface area contributed by atoms with E-state index in [9.17, 15) is 9.59 Å². The van der Waals surface area contributed by atoms with Crippen molar-refractivity contribution in [3.63, 3.8) is 0 Å². The van der Waals surface area contributed by atoms with Crippen LogP contribution in [-0.4, -0.2) is 57.1 Å². The highest BCUT2D eigenvalue weighted by Gasteiger charge is 2.20. The third-order valence-corrected chi connectivity index (χ3v) is 4.93. The van der Waals surface area contributed by atoms with Crippen molar-refractivity contribution < 1.29 is 19.2 Å². The highest BCUT2D eigenvalue weighted by molar-refractivity contribution is 5.92. The minimum absolute atomic E-state index is 0.00272. The number of anilines is 1. The molecule has 0 aromatic heterocycles. The van der Waals surface area contributed by atoms with Crippen molar-refractivity contribution in [1.82, 2.24) is 4.90 Å². The van der Waals surface area contributed by atoms with Crippen LogP contribution < -0.4 is 10.2 Å². The number of methoxy groups -OCH3 is 1. The number of quaternary nitrogens is 1. The number of nitrogens with one attached hydrogen (secondary N) is 2. The van der Waals surface area contributed by atoms with Crippen molar-refractivity contribution in [2.75, 3.05) is 45.7 Å². The number of ether oxygens (including phenoxy) is 1. The number of amides is 2. The molecule has 0 heterocycles. The first-order valence-electron chi connectivity index (χ1n) is 9.88. The predicted molar refractivity (Wildman–Crippen MR) is 115 cm³/mol. The Morgan fingerprint density at radius 3 is 2.45 bits per heavy atom. The first-order valence-corrected chi connectivity index (χ1v) is 9.88. The number of likely N-dealkylation sites (N-methyl/N-ethyl adjacent to an activating group) is 1. The van der Waals surface area contributed by atoms with Gasteiger partial charge in [0.1, 0.15) is 0 Å². The van der Waals surface area contributed by atoms with Crippen LogP contribution in [0, 0.1) is 13.8 Å². The minimum atomic E-state index is -0.101. The average molecular weight is 399 g/mol. The smallest absolute Gasteiger partial charge is 0.279 e. The molecule has 2 aromatic rings. The molecule has 0 saturated heterocycles. The number of hydrogen-bond acceptors (Lipinski definition) is 3. The molecule has 0 spiro atoms. The lowest BCUT2D eigenvalue weighted by molar-refractivity contribution is -0.862. The van der Waals surface area contributed by atoms with Gasteiger partial charge in [0.2, 0.25) is 0 Å². The van der Waals surface area contributed by atoms with Gasteiger partial charge >= 0.3 is 0 Å². The molecule has 0 bridgehead atoms. The van der Waals surface area contributed by atoms with Crippen LogP contribution >= 0.6 is 0 Å². The van der Waals surface area contributed by atoms with E-state index in [-0.39, 0.29) is 24.9 Å². The summed E-state index contributed by atoms with van der Waals surface area (Å²) >= 11 is 0. The van der Waals surface area contributed by atoms with Gasteiger partial charge in [0.25, 0.3) is 11.8 Å². The number of rotatable bonds is 10. The van der Waals surface area contributed by atoms with Crippen LogP contribution in [0.2, 0.25) is 0 Å². The van der Waals surface area contributed by atoms with Gasteiger partial charge in [-0.25, -0.2) is 0 Å². The van der Waals surface area contributed by atoms with E-state index < -0.39 is 0 Å². The van der Waals surface area contributed by atoms with Gasteiger partial charge in [-0.1, -0.05) is 42.5 Å². The lowest BCUT2D eigenvalue weighted by Crippen LogP contribution is -3.11. The van der Waals surface area contributed by atoms with E-state index in [0.717, 1.165) is 27.3 Å². The van der Waals surface area contributed by atoms with Gasteiger partial charge < -0.3 is 19.9 Å². The fourth-order valence-corrected chi connectivity index (χ4v) is 3.08. The minimum Gasteiger partial charge on any atom is -0.383 e. The van der Waals surface area contributed by atoms with E-state index in [1.165, 1.54) is 0 Å². The Hall–Kier alpha value is -2.70. The van der Waals surface area contributed by atoms with Crippen LogP contribution in [0.4, 0.5) is 5.69 Å². The Morgan fingerprint density at radius 2 is 1.76 bits per heavy atom.